The van der Waals surface area contributed by atoms with Crippen molar-refractivity contribution in [2.75, 3.05) is 0 Å². The van der Waals surface area contributed by atoms with Crippen molar-refractivity contribution >= 4 is 33.3 Å². The fourth-order valence-electron chi connectivity index (χ4n) is 3.06. The summed E-state index contributed by atoms with van der Waals surface area (Å²) in [5.41, 5.74) is 2.54. The monoisotopic (exact) mass is 342 g/mol. The molecule has 1 aliphatic rings. The molecule has 4 rings (SSSR count). The smallest absolute Gasteiger partial charge is 0.259 e. The van der Waals surface area contributed by atoms with E-state index >= 15 is 0 Å². The standard InChI is InChI=1S/C18H18N2OS2/c1-11-6-8-12(9-7-11)22-10-15-19-17(21)16-13-4-2-3-5-14(13)23-18(16)20-15/h6-9H,2-5,10H2,1H3,(H,19,20,21). The van der Waals surface area contributed by atoms with Crippen LogP contribution in [-0.4, -0.2) is 9.97 Å². The van der Waals surface area contributed by atoms with Crippen LogP contribution >= 0.6 is 23.1 Å². The third-order valence-electron chi connectivity index (χ3n) is 4.27. The molecule has 0 fully saturated rings. The van der Waals surface area contributed by atoms with Gasteiger partial charge in [-0.15, -0.1) is 23.1 Å². The molecule has 2 aromatic heterocycles. The van der Waals surface area contributed by atoms with Gasteiger partial charge < -0.3 is 4.98 Å². The Balaban J connectivity index is 1.63. The maximum absolute atomic E-state index is 12.5. The van der Waals surface area contributed by atoms with Crippen LogP contribution in [0.4, 0.5) is 0 Å². The summed E-state index contributed by atoms with van der Waals surface area (Å²) in [5, 5.41) is 0.841. The van der Waals surface area contributed by atoms with Gasteiger partial charge in [-0.1, -0.05) is 17.7 Å². The first-order valence-corrected chi connectivity index (χ1v) is 9.74. The van der Waals surface area contributed by atoms with Crippen molar-refractivity contribution in [2.45, 2.75) is 43.3 Å². The molecule has 0 atom stereocenters. The number of thiophene rings is 1. The van der Waals surface area contributed by atoms with Crippen molar-refractivity contribution in [3.63, 3.8) is 0 Å². The summed E-state index contributed by atoms with van der Waals surface area (Å²) in [4.78, 5) is 23.7. The number of nitrogens with one attached hydrogen (secondary N) is 1. The highest BCUT2D eigenvalue weighted by molar-refractivity contribution is 7.98. The quantitative estimate of drug-likeness (QED) is 0.715. The van der Waals surface area contributed by atoms with Gasteiger partial charge in [0, 0.05) is 9.77 Å². The van der Waals surface area contributed by atoms with Crippen molar-refractivity contribution in [3.8, 4) is 0 Å². The van der Waals surface area contributed by atoms with E-state index < -0.39 is 0 Å². The summed E-state index contributed by atoms with van der Waals surface area (Å²) in [5.74, 6) is 1.46. The van der Waals surface area contributed by atoms with Gasteiger partial charge in [0.25, 0.3) is 5.56 Å². The molecule has 1 aromatic carbocycles. The molecular formula is C18H18N2OS2. The molecule has 3 nitrogen and oxygen atoms in total. The molecule has 0 saturated heterocycles. The average molecular weight is 342 g/mol. The second-order valence-electron chi connectivity index (χ2n) is 6.01. The highest BCUT2D eigenvalue weighted by Gasteiger charge is 2.19. The predicted molar refractivity (Wildman–Crippen MR) is 97.6 cm³/mol. The third-order valence-corrected chi connectivity index (χ3v) is 6.48. The normalized spacial score (nSPS) is 14.1. The van der Waals surface area contributed by atoms with Gasteiger partial charge in [-0.2, -0.15) is 0 Å². The number of nitrogens with zero attached hydrogens (tertiary/aromatic N) is 1. The molecule has 0 bridgehead atoms. The SMILES string of the molecule is Cc1ccc(SCc2nc3sc4c(c3c(=O)[nH]2)CCCC4)cc1. The molecule has 5 heteroatoms. The van der Waals surface area contributed by atoms with E-state index in [2.05, 4.69) is 36.2 Å². The topological polar surface area (TPSA) is 45.8 Å². The number of aromatic amines is 1. The summed E-state index contributed by atoms with van der Waals surface area (Å²) in [7, 11) is 0. The number of aryl methyl sites for hydroxylation is 3. The Labute approximate surface area is 143 Å². The van der Waals surface area contributed by atoms with E-state index in [4.69, 9.17) is 4.98 Å². The van der Waals surface area contributed by atoms with Crippen LogP contribution in [0.5, 0.6) is 0 Å². The minimum absolute atomic E-state index is 0.0360. The average Bonchev–Trinajstić information content (AvgIpc) is 2.93. The summed E-state index contributed by atoms with van der Waals surface area (Å²) in [6.45, 7) is 2.08. The highest BCUT2D eigenvalue weighted by Crippen LogP contribution is 2.33. The van der Waals surface area contributed by atoms with Crippen molar-refractivity contribution in [1.82, 2.24) is 9.97 Å². The summed E-state index contributed by atoms with van der Waals surface area (Å²) in [6, 6.07) is 8.44. The Morgan fingerprint density at radius 3 is 2.83 bits per heavy atom. The van der Waals surface area contributed by atoms with Gasteiger partial charge in [-0.25, -0.2) is 4.98 Å². The molecule has 1 N–H and O–H groups in total. The van der Waals surface area contributed by atoms with Crippen LogP contribution in [0, 0.1) is 6.92 Å². The number of thioether (sulfide) groups is 1. The van der Waals surface area contributed by atoms with Gasteiger partial charge in [0.05, 0.1) is 11.1 Å². The van der Waals surface area contributed by atoms with Crippen LogP contribution in [0.25, 0.3) is 10.2 Å². The fourth-order valence-corrected chi connectivity index (χ4v) is 5.11. The van der Waals surface area contributed by atoms with Crippen LogP contribution in [0.1, 0.15) is 34.7 Å². The molecular weight excluding hydrogens is 324 g/mol. The van der Waals surface area contributed by atoms with E-state index in [0.717, 1.165) is 28.9 Å². The highest BCUT2D eigenvalue weighted by atomic mass is 32.2. The predicted octanol–water partition coefficient (Wildman–Crippen LogP) is 4.46. The minimum atomic E-state index is 0.0360. The van der Waals surface area contributed by atoms with Crippen LogP contribution in [0.3, 0.4) is 0 Å². The van der Waals surface area contributed by atoms with Crippen LogP contribution in [0.15, 0.2) is 34.0 Å². The van der Waals surface area contributed by atoms with Crippen LogP contribution < -0.4 is 5.56 Å². The maximum Gasteiger partial charge on any atom is 0.259 e. The van der Waals surface area contributed by atoms with E-state index in [9.17, 15) is 4.79 Å². The lowest BCUT2D eigenvalue weighted by atomic mass is 9.97. The number of aromatic nitrogens is 2. The lowest BCUT2D eigenvalue weighted by molar-refractivity contribution is 0.700. The van der Waals surface area contributed by atoms with E-state index in [-0.39, 0.29) is 5.56 Å². The first-order valence-electron chi connectivity index (χ1n) is 7.93. The molecule has 0 unspecified atom stereocenters. The van der Waals surface area contributed by atoms with Gasteiger partial charge >= 0.3 is 0 Å². The number of fused-ring (bicyclic) bond motifs is 3. The van der Waals surface area contributed by atoms with E-state index in [1.54, 1.807) is 23.1 Å². The molecule has 118 valence electrons. The number of hydrogen-bond donors (Lipinski definition) is 1. The van der Waals surface area contributed by atoms with E-state index in [1.807, 2.05) is 0 Å². The largest absolute Gasteiger partial charge is 0.309 e. The number of H-pyrrole nitrogens is 1. The molecule has 1 aliphatic carbocycles. The first kappa shape index (κ1) is 15.0. The lowest BCUT2D eigenvalue weighted by Crippen LogP contribution is -2.12. The van der Waals surface area contributed by atoms with Crippen molar-refractivity contribution in [3.05, 3.63) is 56.4 Å². The van der Waals surface area contributed by atoms with Gasteiger partial charge in [-0.05, 0) is 50.3 Å². The molecule has 23 heavy (non-hydrogen) atoms. The van der Waals surface area contributed by atoms with Crippen molar-refractivity contribution < 1.29 is 0 Å². The Bertz CT molecular complexity index is 909. The van der Waals surface area contributed by atoms with E-state index in [0.29, 0.717) is 5.75 Å². The van der Waals surface area contributed by atoms with Crippen molar-refractivity contribution in [1.29, 1.82) is 0 Å². The summed E-state index contributed by atoms with van der Waals surface area (Å²) >= 11 is 3.42. The summed E-state index contributed by atoms with van der Waals surface area (Å²) < 4.78 is 0. The maximum atomic E-state index is 12.5. The number of benzene rings is 1. The zero-order valence-electron chi connectivity index (χ0n) is 13.0. The Morgan fingerprint density at radius 1 is 1.22 bits per heavy atom. The number of rotatable bonds is 3. The molecule has 2 heterocycles. The first-order chi connectivity index (χ1) is 11.2. The molecule has 3 aromatic rings. The molecule has 0 spiro atoms. The molecule has 0 radical (unpaired) electrons. The van der Waals surface area contributed by atoms with Gasteiger partial charge in [0.15, 0.2) is 0 Å². The Hall–Kier alpha value is -1.59. The van der Waals surface area contributed by atoms with Gasteiger partial charge in [-0.3, -0.25) is 4.79 Å². The Kier molecular flexibility index (Phi) is 3.99. The Morgan fingerprint density at radius 2 is 2.00 bits per heavy atom. The molecule has 0 saturated carbocycles. The fraction of sp³-hybridized carbons (Fsp3) is 0.333. The molecule has 0 amide bonds. The van der Waals surface area contributed by atoms with Gasteiger partial charge in [0.2, 0.25) is 0 Å². The zero-order valence-corrected chi connectivity index (χ0v) is 14.6. The molecule has 0 aliphatic heterocycles. The number of hydrogen-bond acceptors (Lipinski definition) is 4. The minimum Gasteiger partial charge on any atom is -0.309 e. The van der Waals surface area contributed by atoms with E-state index in [1.165, 1.54) is 33.7 Å². The van der Waals surface area contributed by atoms with Crippen molar-refractivity contribution in [2.24, 2.45) is 0 Å². The second-order valence-corrected chi connectivity index (χ2v) is 8.14. The van der Waals surface area contributed by atoms with Gasteiger partial charge in [0.1, 0.15) is 10.7 Å². The third kappa shape index (κ3) is 2.95. The van der Waals surface area contributed by atoms with Crippen LogP contribution in [-0.2, 0) is 18.6 Å². The lowest BCUT2D eigenvalue weighted by Gasteiger charge is -2.09. The summed E-state index contributed by atoms with van der Waals surface area (Å²) in [6.07, 6.45) is 4.54. The zero-order chi connectivity index (χ0) is 15.8. The van der Waals surface area contributed by atoms with Crippen LogP contribution in [0.2, 0.25) is 0 Å². The second kappa shape index (κ2) is 6.13.